The normalized spacial score (nSPS) is 12.9. The van der Waals surface area contributed by atoms with E-state index < -0.39 is 0 Å². The number of hydrogen-bond acceptors (Lipinski definition) is 1. The first-order valence-corrected chi connectivity index (χ1v) is 19.9. The van der Waals surface area contributed by atoms with Gasteiger partial charge in [0.15, 0.2) is 0 Å². The third-order valence-corrected chi connectivity index (χ3v) is 11.2. The van der Waals surface area contributed by atoms with Crippen LogP contribution < -0.4 is 0 Å². The van der Waals surface area contributed by atoms with E-state index in [9.17, 15) is 0 Å². The average molecular weight is 720 g/mol. The molecule has 0 bridgehead atoms. The summed E-state index contributed by atoms with van der Waals surface area (Å²) in [5.74, 6) is 0. The van der Waals surface area contributed by atoms with Crippen LogP contribution in [0.4, 0.5) is 0 Å². The molecule has 0 saturated heterocycles. The fraction of sp³-hybridized carbons (Fsp3) is 0.109. The van der Waals surface area contributed by atoms with Crippen molar-refractivity contribution < 1.29 is 0 Å². The molecule has 0 aromatic heterocycles. The van der Waals surface area contributed by atoms with Gasteiger partial charge in [-0.3, -0.25) is 4.99 Å². The molecule has 0 unspecified atom stereocenters. The summed E-state index contributed by atoms with van der Waals surface area (Å²) in [7, 11) is 0. The van der Waals surface area contributed by atoms with Crippen LogP contribution in [0.2, 0.25) is 0 Å². The van der Waals surface area contributed by atoms with E-state index in [1.807, 2.05) is 0 Å². The average Bonchev–Trinajstić information content (AvgIpc) is 3.64. The van der Waals surface area contributed by atoms with E-state index in [1.54, 1.807) is 0 Å². The monoisotopic (exact) mass is 719 g/mol. The Hall–Kier alpha value is -6.57. The van der Waals surface area contributed by atoms with Gasteiger partial charge in [0, 0.05) is 11.3 Å². The first-order valence-electron chi connectivity index (χ1n) is 19.9. The minimum atomic E-state index is 0.827. The molecule has 0 spiro atoms. The third kappa shape index (κ3) is 7.17. The van der Waals surface area contributed by atoms with Crippen LogP contribution in [0, 0.1) is 0 Å². The smallest absolute Gasteiger partial charge is 0.0671 e. The van der Waals surface area contributed by atoms with Crippen molar-refractivity contribution in [3.8, 4) is 33.4 Å². The molecule has 0 heterocycles. The maximum atomic E-state index is 5.72. The number of benzene rings is 8. The highest BCUT2D eigenvalue weighted by molar-refractivity contribution is 6.07. The maximum absolute atomic E-state index is 5.72. The lowest BCUT2D eigenvalue weighted by Gasteiger charge is -2.17. The molecule has 0 N–H and O–H groups in total. The molecule has 1 heteroatoms. The fourth-order valence-electron chi connectivity index (χ4n) is 8.37. The quantitative estimate of drug-likeness (QED) is 0.125. The van der Waals surface area contributed by atoms with Gasteiger partial charge in [0.25, 0.3) is 0 Å². The molecule has 9 rings (SSSR count). The molecule has 0 amide bonds. The molecule has 0 atom stereocenters. The summed E-state index contributed by atoms with van der Waals surface area (Å²) >= 11 is 0. The van der Waals surface area contributed by atoms with Crippen LogP contribution in [0.25, 0.3) is 66.7 Å². The van der Waals surface area contributed by atoms with Gasteiger partial charge in [-0.2, -0.15) is 0 Å². The van der Waals surface area contributed by atoms with Gasteiger partial charge < -0.3 is 0 Å². The van der Waals surface area contributed by atoms with Crippen LogP contribution >= 0.6 is 0 Å². The Balaban J connectivity index is 1.18. The van der Waals surface area contributed by atoms with Gasteiger partial charge >= 0.3 is 0 Å². The summed E-state index contributed by atoms with van der Waals surface area (Å²) in [5.41, 5.74) is 17.5. The number of allylic oxidation sites excluding steroid dienone is 2. The SMILES string of the molecule is CC/C=C(/N=C(CC/C(C)=C\c1ccccc1)c1ccc2ccc(-c3ccccc3)cc2c1)c1ccc(-c2ccc3ccccc3c2)c2c1-c1ccccc1C2. The largest absolute Gasteiger partial charge is 0.253 e. The predicted octanol–water partition coefficient (Wildman–Crippen LogP) is 15.0. The van der Waals surface area contributed by atoms with E-state index in [0.717, 1.165) is 37.1 Å². The van der Waals surface area contributed by atoms with Crippen molar-refractivity contribution >= 4 is 39.0 Å². The molecule has 1 aliphatic carbocycles. The van der Waals surface area contributed by atoms with Gasteiger partial charge in [-0.05, 0) is 128 Å². The summed E-state index contributed by atoms with van der Waals surface area (Å²) < 4.78 is 0. The number of nitrogens with zero attached hydrogens (tertiary/aromatic N) is 1. The van der Waals surface area contributed by atoms with Crippen LogP contribution in [0.15, 0.2) is 193 Å². The van der Waals surface area contributed by atoms with Gasteiger partial charge in [-0.1, -0.05) is 182 Å². The van der Waals surface area contributed by atoms with Crippen LogP contribution in [-0.4, -0.2) is 5.71 Å². The zero-order valence-corrected chi connectivity index (χ0v) is 32.2. The molecule has 0 saturated carbocycles. The van der Waals surface area contributed by atoms with Crippen molar-refractivity contribution in [2.45, 2.75) is 39.5 Å². The van der Waals surface area contributed by atoms with Crippen molar-refractivity contribution in [1.29, 1.82) is 0 Å². The molecule has 1 nitrogen and oxygen atoms in total. The molecule has 56 heavy (non-hydrogen) atoms. The summed E-state index contributed by atoms with van der Waals surface area (Å²) in [6.45, 7) is 4.47. The first-order chi connectivity index (χ1) is 27.6. The molecule has 0 aliphatic heterocycles. The molecule has 8 aromatic rings. The van der Waals surface area contributed by atoms with Crippen LogP contribution in [0.1, 0.15) is 60.9 Å². The van der Waals surface area contributed by atoms with Gasteiger partial charge in [-0.25, -0.2) is 0 Å². The molecule has 270 valence electrons. The highest BCUT2D eigenvalue weighted by Crippen LogP contribution is 2.46. The topological polar surface area (TPSA) is 12.4 Å². The lowest BCUT2D eigenvalue weighted by atomic mass is 9.89. The minimum absolute atomic E-state index is 0.827. The highest BCUT2D eigenvalue weighted by Gasteiger charge is 2.26. The van der Waals surface area contributed by atoms with E-state index in [-0.39, 0.29) is 0 Å². The van der Waals surface area contributed by atoms with E-state index in [2.05, 4.69) is 202 Å². The Bertz CT molecular complexity index is 2800. The molecule has 1 aliphatic rings. The molecular weight excluding hydrogens is 675 g/mol. The van der Waals surface area contributed by atoms with Crippen molar-refractivity contribution in [1.82, 2.24) is 0 Å². The highest BCUT2D eigenvalue weighted by atomic mass is 14.8. The van der Waals surface area contributed by atoms with E-state index in [1.165, 1.54) is 88.3 Å². The molecule has 0 fully saturated rings. The van der Waals surface area contributed by atoms with Gasteiger partial charge in [0.2, 0.25) is 0 Å². The zero-order valence-electron chi connectivity index (χ0n) is 32.2. The van der Waals surface area contributed by atoms with Gasteiger partial charge in [0.05, 0.1) is 5.70 Å². The maximum Gasteiger partial charge on any atom is 0.0671 e. The van der Waals surface area contributed by atoms with Crippen molar-refractivity contribution in [2.24, 2.45) is 4.99 Å². The van der Waals surface area contributed by atoms with Gasteiger partial charge in [0.1, 0.15) is 0 Å². The predicted molar refractivity (Wildman–Crippen MR) is 241 cm³/mol. The minimum Gasteiger partial charge on any atom is -0.253 e. The van der Waals surface area contributed by atoms with E-state index in [4.69, 9.17) is 4.99 Å². The molecular formula is C55H45N. The Labute approximate surface area is 331 Å². The van der Waals surface area contributed by atoms with Crippen molar-refractivity contribution in [3.05, 3.63) is 215 Å². The fourth-order valence-corrected chi connectivity index (χ4v) is 8.37. The summed E-state index contributed by atoms with van der Waals surface area (Å²) in [4.78, 5) is 5.72. The lowest BCUT2D eigenvalue weighted by molar-refractivity contribution is 1.02. The molecule has 0 radical (unpaired) electrons. The second kappa shape index (κ2) is 15.7. The zero-order chi connectivity index (χ0) is 37.8. The van der Waals surface area contributed by atoms with Crippen LogP contribution in [0.3, 0.4) is 0 Å². The number of fused-ring (bicyclic) bond motifs is 5. The van der Waals surface area contributed by atoms with E-state index >= 15 is 0 Å². The Morgan fingerprint density at radius 2 is 1.23 bits per heavy atom. The first kappa shape index (κ1) is 35.2. The van der Waals surface area contributed by atoms with Crippen molar-refractivity contribution in [2.75, 3.05) is 0 Å². The lowest BCUT2D eigenvalue weighted by Crippen LogP contribution is -2.04. The van der Waals surface area contributed by atoms with Gasteiger partial charge in [-0.15, -0.1) is 0 Å². The summed E-state index contributed by atoms with van der Waals surface area (Å²) in [6, 6.07) is 64.1. The second-order valence-electron chi connectivity index (χ2n) is 15.0. The van der Waals surface area contributed by atoms with E-state index in [0.29, 0.717) is 0 Å². The van der Waals surface area contributed by atoms with Crippen molar-refractivity contribution in [3.63, 3.8) is 0 Å². The molecule has 8 aromatic carbocycles. The number of rotatable bonds is 10. The Kier molecular flexibility index (Phi) is 9.82. The third-order valence-electron chi connectivity index (χ3n) is 11.2. The summed E-state index contributed by atoms with van der Waals surface area (Å²) in [6.07, 6.45) is 8.18. The second-order valence-corrected chi connectivity index (χ2v) is 15.0. The summed E-state index contributed by atoms with van der Waals surface area (Å²) in [5, 5.41) is 4.99. The Morgan fingerprint density at radius 1 is 0.554 bits per heavy atom. The standard InChI is InChI=1S/C55H45N/c1-3-14-54(51-31-30-49(46-28-25-41-19-10-11-20-43(41)34-46)52-37-45-21-12-13-22-50(45)55(51)52)56-53(32-23-38(2)33-39-15-6-4-7-16-39)47-29-26-42-24-27-44(35-48(42)36-47)40-17-8-5-9-18-40/h4-22,24-31,33-36H,3,23,32,37H2,1-2H3/b38-33-,54-14+,56-53?. The van der Waals surface area contributed by atoms with Crippen LogP contribution in [0.5, 0.6) is 0 Å². The number of hydrogen-bond donors (Lipinski definition) is 0. The van der Waals surface area contributed by atoms with Crippen LogP contribution in [-0.2, 0) is 6.42 Å². The number of aliphatic imine (C=N–C) groups is 1. The Morgan fingerprint density at radius 3 is 2.05 bits per heavy atom.